The van der Waals surface area contributed by atoms with Gasteiger partial charge < -0.3 is 0 Å². The van der Waals surface area contributed by atoms with Crippen LogP contribution < -0.4 is 0 Å². The second kappa shape index (κ2) is 3.61. The Hall–Kier alpha value is 0.01000. The molecule has 0 saturated heterocycles. The van der Waals surface area contributed by atoms with Gasteiger partial charge in [0.2, 0.25) is 0 Å². The minimum Gasteiger partial charge on any atom is -0.220 e. The van der Waals surface area contributed by atoms with Crippen LogP contribution in [0.15, 0.2) is 0 Å². The van der Waals surface area contributed by atoms with Gasteiger partial charge in [0, 0.05) is 5.56 Å². The third-order valence-electron chi connectivity index (χ3n) is 1.21. The van der Waals surface area contributed by atoms with Crippen LogP contribution in [0, 0.1) is 6.92 Å². The highest BCUT2D eigenvalue weighted by atomic mass is 35.5. The molecule has 1 rings (SSSR count). The van der Waals surface area contributed by atoms with Crippen molar-refractivity contribution in [3.63, 3.8) is 0 Å². The van der Waals surface area contributed by atoms with Gasteiger partial charge in [-0.05, 0) is 6.92 Å². The number of hydrogen-bond acceptors (Lipinski definition) is 3. The molecule has 0 bridgehead atoms. The van der Waals surface area contributed by atoms with Gasteiger partial charge >= 0.3 is 0 Å². The molecule has 0 aromatic carbocycles. The summed E-state index contributed by atoms with van der Waals surface area (Å²) in [5, 5.41) is 0.795. The minimum absolute atomic E-state index is 0.397. The standard InChI is InChI=1S/C6H6Cl2N2S/c1-3-5(7)9-4(2-11)10-6(3)8/h11H,2H2,1H3. The number of thiol groups is 1. The van der Waals surface area contributed by atoms with Gasteiger partial charge in [-0.15, -0.1) is 0 Å². The van der Waals surface area contributed by atoms with Gasteiger partial charge in [-0.3, -0.25) is 0 Å². The SMILES string of the molecule is Cc1c(Cl)nc(CS)nc1Cl. The zero-order valence-electron chi connectivity index (χ0n) is 5.80. The third-order valence-corrected chi connectivity index (χ3v) is 2.23. The molecule has 1 aromatic heterocycles. The van der Waals surface area contributed by atoms with E-state index in [2.05, 4.69) is 22.6 Å². The highest BCUT2D eigenvalue weighted by Crippen LogP contribution is 2.19. The molecule has 0 aliphatic heterocycles. The summed E-state index contributed by atoms with van der Waals surface area (Å²) < 4.78 is 0. The molecule has 0 atom stereocenters. The second-order valence-electron chi connectivity index (χ2n) is 2.00. The number of aromatic nitrogens is 2. The number of halogens is 2. The van der Waals surface area contributed by atoms with Crippen molar-refractivity contribution in [2.45, 2.75) is 12.7 Å². The quantitative estimate of drug-likeness (QED) is 0.568. The Morgan fingerprint density at radius 1 is 1.27 bits per heavy atom. The second-order valence-corrected chi connectivity index (χ2v) is 3.04. The van der Waals surface area contributed by atoms with E-state index >= 15 is 0 Å². The summed E-state index contributed by atoms with van der Waals surface area (Å²) in [6, 6.07) is 0. The fraction of sp³-hybridized carbons (Fsp3) is 0.333. The Kier molecular flexibility index (Phi) is 2.98. The maximum atomic E-state index is 5.73. The number of rotatable bonds is 1. The van der Waals surface area contributed by atoms with Crippen molar-refractivity contribution >= 4 is 35.8 Å². The molecule has 1 heterocycles. The molecule has 0 spiro atoms. The zero-order valence-corrected chi connectivity index (χ0v) is 8.21. The molecule has 1 aromatic rings. The Morgan fingerprint density at radius 3 is 2.09 bits per heavy atom. The van der Waals surface area contributed by atoms with Crippen LogP contribution in [0.4, 0.5) is 0 Å². The number of hydrogen-bond donors (Lipinski definition) is 1. The first-order valence-corrected chi connectivity index (χ1v) is 4.33. The van der Waals surface area contributed by atoms with Gasteiger partial charge in [-0.25, -0.2) is 9.97 Å². The highest BCUT2D eigenvalue weighted by Gasteiger charge is 2.05. The molecule has 0 radical (unpaired) electrons. The summed E-state index contributed by atoms with van der Waals surface area (Å²) in [6.45, 7) is 1.77. The molecule has 0 aliphatic carbocycles. The Balaban J connectivity index is 3.21. The van der Waals surface area contributed by atoms with E-state index in [1.165, 1.54) is 0 Å². The molecular weight excluding hydrogens is 203 g/mol. The zero-order chi connectivity index (χ0) is 8.43. The Labute approximate surface area is 80.4 Å². The Morgan fingerprint density at radius 2 is 1.73 bits per heavy atom. The molecule has 11 heavy (non-hydrogen) atoms. The molecule has 0 unspecified atom stereocenters. The summed E-state index contributed by atoms with van der Waals surface area (Å²) in [6.07, 6.45) is 0. The maximum Gasteiger partial charge on any atom is 0.141 e. The first-order valence-electron chi connectivity index (χ1n) is 2.94. The molecule has 0 aliphatic rings. The van der Waals surface area contributed by atoms with Crippen molar-refractivity contribution in [2.24, 2.45) is 0 Å². The fourth-order valence-corrected chi connectivity index (χ4v) is 1.14. The molecule has 2 nitrogen and oxygen atoms in total. The van der Waals surface area contributed by atoms with Crippen LogP contribution in [-0.4, -0.2) is 9.97 Å². The Bertz CT molecular complexity index is 254. The van der Waals surface area contributed by atoms with Crippen LogP contribution >= 0.6 is 35.8 Å². The molecule has 0 N–H and O–H groups in total. The van der Waals surface area contributed by atoms with E-state index in [1.807, 2.05) is 0 Å². The lowest BCUT2D eigenvalue weighted by Crippen LogP contribution is -1.95. The average molecular weight is 209 g/mol. The predicted octanol–water partition coefficient (Wildman–Crippen LogP) is 2.52. The highest BCUT2D eigenvalue weighted by molar-refractivity contribution is 7.79. The molecule has 60 valence electrons. The van der Waals surface area contributed by atoms with Crippen molar-refractivity contribution in [2.75, 3.05) is 0 Å². The summed E-state index contributed by atoms with van der Waals surface area (Å²) in [5.41, 5.74) is 0.707. The molecule has 0 fully saturated rings. The van der Waals surface area contributed by atoms with Gasteiger partial charge in [-0.1, -0.05) is 23.2 Å². The van der Waals surface area contributed by atoms with Crippen LogP contribution in [0.25, 0.3) is 0 Å². The maximum absolute atomic E-state index is 5.73. The lowest BCUT2D eigenvalue weighted by Gasteiger charge is -2.00. The fourth-order valence-electron chi connectivity index (χ4n) is 0.575. The first-order chi connectivity index (χ1) is 5.15. The van der Waals surface area contributed by atoms with Crippen LogP contribution in [0.3, 0.4) is 0 Å². The van der Waals surface area contributed by atoms with E-state index in [0.29, 0.717) is 27.4 Å². The van der Waals surface area contributed by atoms with Gasteiger partial charge in [-0.2, -0.15) is 12.6 Å². The van der Waals surface area contributed by atoms with E-state index in [1.54, 1.807) is 6.92 Å². The smallest absolute Gasteiger partial charge is 0.141 e. The van der Waals surface area contributed by atoms with Crippen molar-refractivity contribution in [3.8, 4) is 0 Å². The first kappa shape index (κ1) is 9.10. The average Bonchev–Trinajstić information content (AvgIpc) is 1.99. The molecular formula is C6H6Cl2N2S. The van der Waals surface area contributed by atoms with Gasteiger partial charge in [0.05, 0.1) is 5.75 Å². The van der Waals surface area contributed by atoms with Crippen molar-refractivity contribution in [1.82, 2.24) is 9.97 Å². The summed E-state index contributed by atoms with van der Waals surface area (Å²) in [5.74, 6) is 0.994. The van der Waals surface area contributed by atoms with Crippen molar-refractivity contribution in [1.29, 1.82) is 0 Å². The van der Waals surface area contributed by atoms with Crippen LogP contribution in [0.2, 0.25) is 10.3 Å². The van der Waals surface area contributed by atoms with Crippen molar-refractivity contribution in [3.05, 3.63) is 21.7 Å². The van der Waals surface area contributed by atoms with Gasteiger partial charge in [0.15, 0.2) is 0 Å². The van der Waals surface area contributed by atoms with E-state index in [-0.39, 0.29) is 0 Å². The van der Waals surface area contributed by atoms with Gasteiger partial charge in [0.1, 0.15) is 16.1 Å². The van der Waals surface area contributed by atoms with Crippen LogP contribution in [0.5, 0.6) is 0 Å². The lowest BCUT2D eigenvalue weighted by atomic mass is 10.4. The minimum atomic E-state index is 0.397. The summed E-state index contributed by atoms with van der Waals surface area (Å²) in [7, 11) is 0. The van der Waals surface area contributed by atoms with E-state index in [4.69, 9.17) is 23.2 Å². The van der Waals surface area contributed by atoms with Gasteiger partial charge in [0.25, 0.3) is 0 Å². The third kappa shape index (κ3) is 1.98. The molecule has 5 heteroatoms. The molecule has 0 amide bonds. The predicted molar refractivity (Wildman–Crippen MR) is 49.5 cm³/mol. The monoisotopic (exact) mass is 208 g/mol. The van der Waals surface area contributed by atoms with Crippen molar-refractivity contribution < 1.29 is 0 Å². The van der Waals surface area contributed by atoms with Crippen LogP contribution in [0.1, 0.15) is 11.4 Å². The van der Waals surface area contributed by atoms with Crippen LogP contribution in [-0.2, 0) is 5.75 Å². The molecule has 0 saturated carbocycles. The summed E-state index contributed by atoms with van der Waals surface area (Å²) >= 11 is 15.5. The van der Waals surface area contributed by atoms with E-state index < -0.39 is 0 Å². The number of nitrogens with zero attached hydrogens (tertiary/aromatic N) is 2. The summed E-state index contributed by atoms with van der Waals surface area (Å²) in [4.78, 5) is 7.89. The van der Waals surface area contributed by atoms with E-state index in [0.717, 1.165) is 0 Å². The normalized spacial score (nSPS) is 10.2. The largest absolute Gasteiger partial charge is 0.220 e. The van der Waals surface area contributed by atoms with E-state index in [9.17, 15) is 0 Å². The lowest BCUT2D eigenvalue weighted by molar-refractivity contribution is 1.02. The topological polar surface area (TPSA) is 25.8 Å².